The van der Waals surface area contributed by atoms with Gasteiger partial charge in [-0.1, -0.05) is 18.5 Å². The van der Waals surface area contributed by atoms with Gasteiger partial charge in [-0.25, -0.2) is 4.39 Å². The average Bonchev–Trinajstić information content (AvgIpc) is 2.39. The Bertz CT molecular complexity index is 518. The summed E-state index contributed by atoms with van der Waals surface area (Å²) in [5.74, 6) is -2.68. The molecule has 0 heterocycles. The Kier molecular flexibility index (Phi) is 5.51. The van der Waals surface area contributed by atoms with E-state index in [2.05, 4.69) is 0 Å². The Balaban J connectivity index is 3.22. The first kappa shape index (κ1) is 16.4. The number of ether oxygens (including phenoxy) is 1. The van der Waals surface area contributed by atoms with Crippen molar-refractivity contribution in [2.45, 2.75) is 26.7 Å². The molecule has 1 N–H and O–H groups in total. The van der Waals surface area contributed by atoms with Crippen molar-refractivity contribution in [1.29, 1.82) is 0 Å². The highest BCUT2D eigenvalue weighted by Crippen LogP contribution is 2.32. The maximum absolute atomic E-state index is 13.3. The largest absolute Gasteiger partial charge is 0.480 e. The molecular formula is C14H16ClFO4. The fourth-order valence-electron chi connectivity index (χ4n) is 1.93. The molecular weight excluding hydrogens is 287 g/mol. The number of hydrogen-bond acceptors (Lipinski definition) is 3. The molecule has 0 aliphatic carbocycles. The molecule has 1 aromatic rings. The van der Waals surface area contributed by atoms with Crippen LogP contribution in [0.25, 0.3) is 0 Å². The Labute approximate surface area is 121 Å². The van der Waals surface area contributed by atoms with Crippen LogP contribution in [0.4, 0.5) is 4.39 Å². The number of esters is 1. The van der Waals surface area contributed by atoms with Crippen LogP contribution in [0.15, 0.2) is 18.2 Å². The summed E-state index contributed by atoms with van der Waals surface area (Å²) in [6, 6.07) is 3.64. The van der Waals surface area contributed by atoms with Gasteiger partial charge in [-0.3, -0.25) is 9.59 Å². The Morgan fingerprint density at radius 2 is 2.05 bits per heavy atom. The number of aliphatic carboxylic acids is 1. The van der Waals surface area contributed by atoms with Crippen molar-refractivity contribution >= 4 is 23.5 Å². The van der Waals surface area contributed by atoms with E-state index in [4.69, 9.17) is 16.3 Å². The molecule has 6 heteroatoms. The third-order valence-electron chi connectivity index (χ3n) is 3.18. The van der Waals surface area contributed by atoms with Gasteiger partial charge in [0.1, 0.15) is 5.82 Å². The minimum absolute atomic E-state index is 0.0218. The average molecular weight is 303 g/mol. The fraction of sp³-hybridized carbons (Fsp3) is 0.429. The molecule has 0 radical (unpaired) electrons. The lowest BCUT2D eigenvalue weighted by atomic mass is 9.79. The van der Waals surface area contributed by atoms with E-state index < -0.39 is 23.2 Å². The quantitative estimate of drug-likeness (QED) is 0.648. The Hall–Kier alpha value is -1.62. The molecule has 0 saturated heterocycles. The van der Waals surface area contributed by atoms with Crippen LogP contribution in [0.1, 0.15) is 25.8 Å². The highest BCUT2D eigenvalue weighted by molar-refractivity contribution is 6.31. The van der Waals surface area contributed by atoms with Gasteiger partial charge in [-0.15, -0.1) is 0 Å². The van der Waals surface area contributed by atoms with E-state index in [9.17, 15) is 19.1 Å². The first-order chi connectivity index (χ1) is 9.37. The number of carboxylic acid groups (broad SMARTS) is 1. The maximum Gasteiger partial charge on any atom is 0.323 e. The molecule has 110 valence electrons. The summed E-state index contributed by atoms with van der Waals surface area (Å²) in [6.07, 6.45) is -0.192. The van der Waals surface area contributed by atoms with Crippen molar-refractivity contribution < 1.29 is 23.8 Å². The summed E-state index contributed by atoms with van der Waals surface area (Å²) in [7, 11) is 0. The summed E-state index contributed by atoms with van der Waals surface area (Å²) in [6.45, 7) is 3.23. The van der Waals surface area contributed by atoms with Crippen molar-refractivity contribution in [1.82, 2.24) is 0 Å². The van der Waals surface area contributed by atoms with Gasteiger partial charge in [-0.05, 0) is 37.1 Å². The summed E-state index contributed by atoms with van der Waals surface area (Å²) in [4.78, 5) is 23.5. The Morgan fingerprint density at radius 3 is 2.55 bits per heavy atom. The maximum atomic E-state index is 13.3. The first-order valence-electron chi connectivity index (χ1n) is 6.22. The van der Waals surface area contributed by atoms with E-state index in [1.54, 1.807) is 13.8 Å². The van der Waals surface area contributed by atoms with Crippen LogP contribution in [0, 0.1) is 11.2 Å². The van der Waals surface area contributed by atoms with Crippen molar-refractivity contribution in [2.75, 3.05) is 6.61 Å². The van der Waals surface area contributed by atoms with Crippen molar-refractivity contribution in [2.24, 2.45) is 5.41 Å². The van der Waals surface area contributed by atoms with E-state index >= 15 is 0 Å². The van der Waals surface area contributed by atoms with Crippen molar-refractivity contribution in [3.63, 3.8) is 0 Å². The molecule has 1 aromatic carbocycles. The van der Waals surface area contributed by atoms with Crippen LogP contribution in [0.3, 0.4) is 0 Å². The molecule has 1 atom stereocenters. The number of halogens is 2. The number of carbonyl (C=O) groups excluding carboxylic acids is 1. The van der Waals surface area contributed by atoms with E-state index in [-0.39, 0.29) is 30.0 Å². The predicted molar refractivity (Wildman–Crippen MR) is 72.1 cm³/mol. The SMILES string of the molecule is CCOC(=O)C(CC)(Cc1cc(F)ccc1Cl)C(=O)O. The lowest BCUT2D eigenvalue weighted by Gasteiger charge is -2.26. The van der Waals surface area contributed by atoms with E-state index in [1.165, 1.54) is 12.1 Å². The predicted octanol–water partition coefficient (Wildman–Crippen LogP) is 3.07. The second-order valence-electron chi connectivity index (χ2n) is 4.37. The second-order valence-corrected chi connectivity index (χ2v) is 4.78. The normalized spacial score (nSPS) is 13.6. The summed E-state index contributed by atoms with van der Waals surface area (Å²) in [5.41, 5.74) is -1.49. The minimum atomic E-state index is -1.76. The van der Waals surface area contributed by atoms with Gasteiger partial charge in [-0.2, -0.15) is 0 Å². The molecule has 0 aliphatic rings. The van der Waals surface area contributed by atoms with Crippen LogP contribution in [0.2, 0.25) is 5.02 Å². The van der Waals surface area contributed by atoms with E-state index in [0.29, 0.717) is 0 Å². The Morgan fingerprint density at radius 1 is 1.40 bits per heavy atom. The fourth-order valence-corrected chi connectivity index (χ4v) is 2.11. The van der Waals surface area contributed by atoms with Crippen molar-refractivity contribution in [3.8, 4) is 0 Å². The van der Waals surface area contributed by atoms with Gasteiger partial charge in [0.15, 0.2) is 5.41 Å². The minimum Gasteiger partial charge on any atom is -0.480 e. The summed E-state index contributed by atoms with van der Waals surface area (Å²) >= 11 is 5.93. The number of benzene rings is 1. The van der Waals surface area contributed by atoms with Crippen molar-refractivity contribution in [3.05, 3.63) is 34.6 Å². The molecule has 0 amide bonds. The molecule has 1 unspecified atom stereocenters. The van der Waals surface area contributed by atoms with Crippen LogP contribution < -0.4 is 0 Å². The monoisotopic (exact) mass is 302 g/mol. The smallest absolute Gasteiger partial charge is 0.323 e. The van der Waals surface area contributed by atoms with Gasteiger partial charge in [0, 0.05) is 11.4 Å². The topological polar surface area (TPSA) is 63.6 Å². The third kappa shape index (κ3) is 3.28. The molecule has 0 fully saturated rings. The van der Waals surface area contributed by atoms with E-state index in [1.807, 2.05) is 0 Å². The lowest BCUT2D eigenvalue weighted by Crippen LogP contribution is -2.42. The zero-order valence-electron chi connectivity index (χ0n) is 11.3. The molecule has 0 aliphatic heterocycles. The zero-order valence-corrected chi connectivity index (χ0v) is 12.0. The van der Waals surface area contributed by atoms with Gasteiger partial charge in [0.2, 0.25) is 0 Å². The second kappa shape index (κ2) is 6.70. The summed E-state index contributed by atoms with van der Waals surface area (Å²) < 4.78 is 18.1. The standard InChI is InChI=1S/C14H16ClFO4/c1-3-14(12(17)18,13(19)20-4-2)8-9-7-10(16)5-6-11(9)15/h5-7H,3-4,8H2,1-2H3,(H,17,18). The van der Waals surface area contributed by atoms with Crippen LogP contribution in [-0.4, -0.2) is 23.7 Å². The van der Waals surface area contributed by atoms with Gasteiger partial charge < -0.3 is 9.84 Å². The molecule has 4 nitrogen and oxygen atoms in total. The molecule has 0 bridgehead atoms. The molecule has 0 saturated carbocycles. The molecule has 1 rings (SSSR count). The van der Waals surface area contributed by atoms with Crippen LogP contribution in [0.5, 0.6) is 0 Å². The summed E-state index contributed by atoms with van der Waals surface area (Å²) in [5, 5.41) is 9.62. The highest BCUT2D eigenvalue weighted by Gasteiger charge is 2.46. The molecule has 20 heavy (non-hydrogen) atoms. The zero-order chi connectivity index (χ0) is 15.3. The van der Waals surface area contributed by atoms with Gasteiger partial charge in [0.05, 0.1) is 6.61 Å². The van der Waals surface area contributed by atoms with Crippen LogP contribution in [-0.2, 0) is 20.7 Å². The molecule has 0 aromatic heterocycles. The van der Waals surface area contributed by atoms with Gasteiger partial charge in [0.25, 0.3) is 0 Å². The third-order valence-corrected chi connectivity index (χ3v) is 3.55. The lowest BCUT2D eigenvalue weighted by molar-refractivity contribution is -0.168. The number of carboxylic acids is 1. The number of hydrogen-bond donors (Lipinski definition) is 1. The van der Waals surface area contributed by atoms with E-state index in [0.717, 1.165) is 6.07 Å². The molecule has 0 spiro atoms. The highest BCUT2D eigenvalue weighted by atomic mass is 35.5. The number of carbonyl (C=O) groups is 2. The van der Waals surface area contributed by atoms with Crippen LogP contribution >= 0.6 is 11.6 Å². The number of rotatable bonds is 6. The van der Waals surface area contributed by atoms with Gasteiger partial charge >= 0.3 is 11.9 Å². The first-order valence-corrected chi connectivity index (χ1v) is 6.59.